The molecule has 1 aromatic carbocycles. The smallest absolute Gasteiger partial charge is 0.247 e. The van der Waals surface area contributed by atoms with E-state index in [1.165, 1.54) is 0 Å². The van der Waals surface area contributed by atoms with E-state index < -0.39 is 0 Å². The van der Waals surface area contributed by atoms with Gasteiger partial charge in [-0.1, -0.05) is 17.7 Å². The summed E-state index contributed by atoms with van der Waals surface area (Å²) in [5.74, 6) is 1.22. The third-order valence-electron chi connectivity index (χ3n) is 5.30. The number of hydrogen-bond donors (Lipinski definition) is 1. The summed E-state index contributed by atoms with van der Waals surface area (Å²) in [7, 11) is 0. The van der Waals surface area contributed by atoms with Gasteiger partial charge in [0.1, 0.15) is 6.33 Å². The van der Waals surface area contributed by atoms with E-state index in [4.69, 9.17) is 16.3 Å². The van der Waals surface area contributed by atoms with E-state index in [9.17, 15) is 0 Å². The fourth-order valence-corrected chi connectivity index (χ4v) is 3.95. The van der Waals surface area contributed by atoms with Crippen LogP contribution in [0.2, 0.25) is 5.02 Å². The van der Waals surface area contributed by atoms with E-state index in [0.717, 1.165) is 56.6 Å². The Hall–Kier alpha value is -2.68. The Kier molecular flexibility index (Phi) is 5.05. The van der Waals surface area contributed by atoms with Crippen LogP contribution in [0.15, 0.2) is 48.9 Å². The standard InChI is InChI=1S/C20H22ClN7O.H2/c21-15-9-16(24-20-23-14-28(25-20)19-3-1-2-4-22-19)11-17(10-15)27-12-18(13-27)26-5-7-29-8-6-26;/h1-4,9-11,14,18H,5-8,12-13H2,(H,24,25);1H. The molecule has 4 heterocycles. The van der Waals surface area contributed by atoms with Gasteiger partial charge in [-0.25, -0.2) is 9.67 Å². The van der Waals surface area contributed by atoms with Gasteiger partial charge in [-0.15, -0.1) is 5.10 Å². The summed E-state index contributed by atoms with van der Waals surface area (Å²) >= 11 is 6.38. The number of ether oxygens (including phenoxy) is 1. The number of nitrogens with one attached hydrogen (secondary N) is 1. The molecule has 1 N–H and O–H groups in total. The minimum absolute atomic E-state index is 0. The first-order chi connectivity index (χ1) is 14.2. The second-order valence-electron chi connectivity index (χ2n) is 7.23. The number of rotatable bonds is 5. The Labute approximate surface area is 175 Å². The van der Waals surface area contributed by atoms with Crippen LogP contribution < -0.4 is 10.2 Å². The summed E-state index contributed by atoms with van der Waals surface area (Å²) in [6, 6.07) is 12.2. The van der Waals surface area contributed by atoms with Crippen LogP contribution in [0, 0.1) is 0 Å². The van der Waals surface area contributed by atoms with Gasteiger partial charge in [-0.05, 0) is 30.3 Å². The van der Waals surface area contributed by atoms with Crippen molar-refractivity contribution in [2.75, 3.05) is 49.6 Å². The third kappa shape index (κ3) is 4.05. The molecule has 8 nitrogen and oxygen atoms in total. The van der Waals surface area contributed by atoms with Gasteiger partial charge >= 0.3 is 0 Å². The highest BCUT2D eigenvalue weighted by atomic mass is 35.5. The van der Waals surface area contributed by atoms with Crippen molar-refractivity contribution in [1.82, 2.24) is 24.6 Å². The van der Waals surface area contributed by atoms with E-state index in [1.807, 2.05) is 30.3 Å². The molecule has 0 unspecified atom stereocenters. The van der Waals surface area contributed by atoms with Gasteiger partial charge in [-0.3, -0.25) is 4.90 Å². The van der Waals surface area contributed by atoms with E-state index in [0.29, 0.717) is 17.0 Å². The Morgan fingerprint density at radius 1 is 1.10 bits per heavy atom. The molecule has 0 amide bonds. The first-order valence-corrected chi connectivity index (χ1v) is 10.1. The van der Waals surface area contributed by atoms with E-state index in [-0.39, 0.29) is 1.43 Å². The first kappa shape index (κ1) is 18.4. The van der Waals surface area contributed by atoms with Crippen molar-refractivity contribution in [3.8, 4) is 5.82 Å². The van der Waals surface area contributed by atoms with Gasteiger partial charge in [0.15, 0.2) is 5.82 Å². The fraction of sp³-hybridized carbons (Fsp3) is 0.350. The molecule has 0 saturated carbocycles. The lowest BCUT2D eigenvalue weighted by atomic mass is 10.0. The zero-order valence-corrected chi connectivity index (χ0v) is 16.7. The van der Waals surface area contributed by atoms with Crippen LogP contribution in [0.4, 0.5) is 17.3 Å². The maximum Gasteiger partial charge on any atom is 0.247 e. The lowest BCUT2D eigenvalue weighted by Gasteiger charge is -2.47. The molecular formula is C20H24ClN7O. The molecule has 5 rings (SSSR count). The highest BCUT2D eigenvalue weighted by Gasteiger charge is 2.32. The Morgan fingerprint density at radius 3 is 2.76 bits per heavy atom. The van der Waals surface area contributed by atoms with Gasteiger partial charge in [-0.2, -0.15) is 4.98 Å². The van der Waals surface area contributed by atoms with Crippen LogP contribution >= 0.6 is 11.6 Å². The van der Waals surface area contributed by atoms with Gasteiger partial charge < -0.3 is 15.0 Å². The average molecular weight is 414 g/mol. The predicted octanol–water partition coefficient (Wildman–Crippen LogP) is 2.83. The summed E-state index contributed by atoms with van der Waals surface area (Å²) in [6.45, 7) is 5.72. The van der Waals surface area contributed by atoms with Crippen LogP contribution in [-0.4, -0.2) is 70.1 Å². The van der Waals surface area contributed by atoms with E-state index in [1.54, 1.807) is 17.2 Å². The average Bonchev–Trinajstić information content (AvgIpc) is 3.16. The molecule has 0 aliphatic carbocycles. The van der Waals surface area contributed by atoms with Crippen LogP contribution in [0.1, 0.15) is 1.43 Å². The number of hydrogen-bond acceptors (Lipinski definition) is 7. The molecule has 2 fully saturated rings. The molecule has 0 bridgehead atoms. The van der Waals surface area contributed by atoms with Crippen molar-refractivity contribution >= 4 is 28.9 Å². The molecule has 29 heavy (non-hydrogen) atoms. The number of halogens is 1. The van der Waals surface area contributed by atoms with Crippen molar-refractivity contribution in [3.05, 3.63) is 53.9 Å². The largest absolute Gasteiger partial charge is 0.379 e. The van der Waals surface area contributed by atoms with E-state index >= 15 is 0 Å². The summed E-state index contributed by atoms with van der Waals surface area (Å²) < 4.78 is 7.08. The molecule has 152 valence electrons. The molecule has 9 heteroatoms. The molecule has 0 spiro atoms. The minimum Gasteiger partial charge on any atom is -0.379 e. The molecule has 2 saturated heterocycles. The Morgan fingerprint density at radius 2 is 1.97 bits per heavy atom. The maximum absolute atomic E-state index is 6.38. The molecule has 3 aromatic rings. The van der Waals surface area contributed by atoms with Gasteiger partial charge in [0.2, 0.25) is 5.95 Å². The zero-order valence-electron chi connectivity index (χ0n) is 15.9. The second-order valence-corrected chi connectivity index (χ2v) is 7.67. The SMILES string of the molecule is Clc1cc(Nc2ncn(-c3ccccn3)n2)cc(N2CC(N3CCOCC3)C2)c1.[HH]. The lowest BCUT2D eigenvalue weighted by Crippen LogP contribution is -2.61. The molecule has 0 atom stereocenters. The van der Waals surface area contributed by atoms with Crippen LogP contribution in [0.5, 0.6) is 0 Å². The van der Waals surface area contributed by atoms with Crippen molar-refractivity contribution < 1.29 is 6.16 Å². The van der Waals surface area contributed by atoms with Crippen LogP contribution in [0.25, 0.3) is 5.82 Å². The topological polar surface area (TPSA) is 71.3 Å². The minimum atomic E-state index is 0. The number of benzene rings is 1. The molecule has 2 aliphatic rings. The molecule has 2 aliphatic heterocycles. The predicted molar refractivity (Wildman–Crippen MR) is 114 cm³/mol. The zero-order chi connectivity index (χ0) is 19.6. The first-order valence-electron chi connectivity index (χ1n) is 9.72. The van der Waals surface area contributed by atoms with Crippen LogP contribution in [0.3, 0.4) is 0 Å². The highest BCUT2D eigenvalue weighted by Crippen LogP contribution is 2.31. The highest BCUT2D eigenvalue weighted by molar-refractivity contribution is 6.31. The summed E-state index contributed by atoms with van der Waals surface area (Å²) in [5.41, 5.74) is 1.97. The molecule has 0 radical (unpaired) electrons. The summed E-state index contributed by atoms with van der Waals surface area (Å²) in [5, 5.41) is 8.37. The molecule has 2 aromatic heterocycles. The summed E-state index contributed by atoms with van der Waals surface area (Å²) in [4.78, 5) is 13.5. The van der Waals surface area contributed by atoms with E-state index in [2.05, 4.69) is 36.2 Å². The van der Waals surface area contributed by atoms with Crippen molar-refractivity contribution in [2.24, 2.45) is 0 Å². The number of pyridine rings is 1. The second kappa shape index (κ2) is 7.98. The Balaban J connectivity index is 0.00000218. The number of aromatic nitrogens is 4. The van der Waals surface area contributed by atoms with Crippen molar-refractivity contribution in [3.63, 3.8) is 0 Å². The number of morpholine rings is 1. The van der Waals surface area contributed by atoms with Gasteiger partial charge in [0.05, 0.1) is 13.2 Å². The third-order valence-corrected chi connectivity index (χ3v) is 5.52. The molecular weight excluding hydrogens is 390 g/mol. The van der Waals surface area contributed by atoms with Crippen molar-refractivity contribution in [1.29, 1.82) is 0 Å². The van der Waals surface area contributed by atoms with Gasteiger partial charge in [0.25, 0.3) is 0 Å². The van der Waals surface area contributed by atoms with Crippen molar-refractivity contribution in [2.45, 2.75) is 6.04 Å². The van der Waals surface area contributed by atoms with Gasteiger partial charge in [0, 0.05) is 56.2 Å². The maximum atomic E-state index is 6.38. The lowest BCUT2D eigenvalue weighted by molar-refractivity contribution is 0.0105. The quantitative estimate of drug-likeness (QED) is 0.689. The number of anilines is 3. The number of nitrogens with zero attached hydrogens (tertiary/aromatic N) is 6. The summed E-state index contributed by atoms with van der Waals surface area (Å²) in [6.07, 6.45) is 3.36. The fourth-order valence-electron chi connectivity index (χ4n) is 3.72. The van der Waals surface area contributed by atoms with Crippen LogP contribution in [-0.2, 0) is 4.74 Å². The Bertz CT molecular complexity index is 974. The normalized spacial score (nSPS) is 17.9. The monoisotopic (exact) mass is 413 g/mol.